The van der Waals surface area contributed by atoms with E-state index in [0.29, 0.717) is 18.9 Å². The zero-order chi connectivity index (χ0) is 16.0. The van der Waals surface area contributed by atoms with Crippen molar-refractivity contribution in [1.82, 2.24) is 19.3 Å². The Morgan fingerprint density at radius 2 is 2.26 bits per heavy atom. The van der Waals surface area contributed by atoms with Gasteiger partial charge >= 0.3 is 0 Å². The number of aryl methyl sites for hydroxylation is 1. The summed E-state index contributed by atoms with van der Waals surface area (Å²) in [7, 11) is 3.58. The third-order valence-electron chi connectivity index (χ3n) is 4.67. The van der Waals surface area contributed by atoms with Crippen LogP contribution in [-0.2, 0) is 23.1 Å². The minimum Gasteiger partial charge on any atom is -0.383 e. The lowest BCUT2D eigenvalue weighted by Gasteiger charge is -2.24. The molecular weight excluding hydrogens is 294 g/mol. The quantitative estimate of drug-likeness (QED) is 0.910. The SMILES string of the molecule is COCCn1ccnc1[C@H]1CC(=O)Nc2c1c(C1CC1)nn2C. The smallest absolute Gasteiger partial charge is 0.226 e. The third kappa shape index (κ3) is 2.45. The highest BCUT2D eigenvalue weighted by Crippen LogP contribution is 2.47. The molecule has 1 aliphatic carbocycles. The molecule has 0 bridgehead atoms. The van der Waals surface area contributed by atoms with Crippen LogP contribution < -0.4 is 5.32 Å². The van der Waals surface area contributed by atoms with Crippen molar-refractivity contribution >= 4 is 11.7 Å². The largest absolute Gasteiger partial charge is 0.383 e. The van der Waals surface area contributed by atoms with Gasteiger partial charge in [-0.1, -0.05) is 0 Å². The minimum atomic E-state index is -0.0325. The molecule has 1 N–H and O–H groups in total. The lowest BCUT2D eigenvalue weighted by Crippen LogP contribution is -2.26. The fourth-order valence-electron chi connectivity index (χ4n) is 3.41. The van der Waals surface area contributed by atoms with Crippen LogP contribution in [0.4, 0.5) is 5.82 Å². The Morgan fingerprint density at radius 1 is 1.43 bits per heavy atom. The van der Waals surface area contributed by atoms with Crippen molar-refractivity contribution in [2.45, 2.75) is 37.6 Å². The molecule has 1 aliphatic heterocycles. The molecule has 7 nitrogen and oxygen atoms in total. The number of ether oxygens (including phenoxy) is 1. The summed E-state index contributed by atoms with van der Waals surface area (Å²) in [6.07, 6.45) is 6.53. The first kappa shape index (κ1) is 14.4. The number of amides is 1. The normalized spacial score (nSPS) is 20.4. The highest BCUT2D eigenvalue weighted by atomic mass is 16.5. The average molecular weight is 315 g/mol. The molecule has 0 saturated heterocycles. The van der Waals surface area contributed by atoms with Gasteiger partial charge in [-0.25, -0.2) is 4.98 Å². The minimum absolute atomic E-state index is 0.0224. The Morgan fingerprint density at radius 3 is 3.00 bits per heavy atom. The molecule has 2 aromatic heterocycles. The molecule has 4 rings (SSSR count). The van der Waals surface area contributed by atoms with Crippen molar-refractivity contribution < 1.29 is 9.53 Å². The second-order valence-electron chi connectivity index (χ2n) is 6.32. The molecule has 1 saturated carbocycles. The summed E-state index contributed by atoms with van der Waals surface area (Å²) < 4.78 is 9.06. The Bertz CT molecular complexity index is 744. The summed E-state index contributed by atoms with van der Waals surface area (Å²) in [6, 6.07) is 0. The fourth-order valence-corrected chi connectivity index (χ4v) is 3.41. The van der Waals surface area contributed by atoms with E-state index >= 15 is 0 Å². The number of aromatic nitrogens is 4. The Hall–Kier alpha value is -2.15. The van der Waals surface area contributed by atoms with E-state index in [1.54, 1.807) is 18.0 Å². The summed E-state index contributed by atoms with van der Waals surface area (Å²) in [5, 5.41) is 7.67. The van der Waals surface area contributed by atoms with E-state index in [0.717, 1.165) is 29.4 Å². The van der Waals surface area contributed by atoms with Crippen LogP contribution in [0.5, 0.6) is 0 Å². The summed E-state index contributed by atoms with van der Waals surface area (Å²) in [6.45, 7) is 1.36. The topological polar surface area (TPSA) is 74.0 Å². The molecule has 1 amide bonds. The zero-order valence-corrected chi connectivity index (χ0v) is 13.5. The van der Waals surface area contributed by atoms with E-state index in [4.69, 9.17) is 4.74 Å². The highest BCUT2D eigenvalue weighted by Gasteiger charge is 2.39. The maximum atomic E-state index is 12.2. The number of fused-ring (bicyclic) bond motifs is 1. The van der Waals surface area contributed by atoms with Crippen molar-refractivity contribution in [3.63, 3.8) is 0 Å². The molecular formula is C16H21N5O2. The van der Waals surface area contributed by atoms with Crippen molar-refractivity contribution in [2.24, 2.45) is 7.05 Å². The summed E-state index contributed by atoms with van der Waals surface area (Å²) in [5.41, 5.74) is 2.29. The number of rotatable bonds is 5. The molecule has 122 valence electrons. The van der Waals surface area contributed by atoms with Crippen LogP contribution in [0.2, 0.25) is 0 Å². The van der Waals surface area contributed by atoms with Crippen LogP contribution in [0.1, 0.15) is 48.2 Å². The first-order valence-corrected chi connectivity index (χ1v) is 8.05. The van der Waals surface area contributed by atoms with Gasteiger partial charge in [0, 0.05) is 51.0 Å². The van der Waals surface area contributed by atoms with E-state index < -0.39 is 0 Å². The highest BCUT2D eigenvalue weighted by molar-refractivity contribution is 5.94. The second kappa shape index (κ2) is 5.49. The third-order valence-corrected chi connectivity index (χ3v) is 4.67. The molecule has 3 heterocycles. The van der Waals surface area contributed by atoms with Crippen molar-refractivity contribution in [3.8, 4) is 0 Å². The van der Waals surface area contributed by atoms with Gasteiger partial charge in [0.25, 0.3) is 0 Å². The zero-order valence-electron chi connectivity index (χ0n) is 13.5. The van der Waals surface area contributed by atoms with Crippen LogP contribution in [0.25, 0.3) is 0 Å². The van der Waals surface area contributed by atoms with Gasteiger partial charge in [0.2, 0.25) is 5.91 Å². The van der Waals surface area contributed by atoms with E-state index in [1.165, 1.54) is 12.8 Å². The number of nitrogens with one attached hydrogen (secondary N) is 1. The number of methoxy groups -OCH3 is 1. The van der Waals surface area contributed by atoms with E-state index in [9.17, 15) is 4.79 Å². The maximum absolute atomic E-state index is 12.2. The standard InChI is InChI=1S/C16H21N5O2/c1-20-16-13(14(19-20)10-3-4-10)11(9-12(22)18-16)15-17-5-6-21(15)7-8-23-2/h5-6,10-11H,3-4,7-9H2,1-2H3,(H,18,22)/t11-/m0/s1. The van der Waals surface area contributed by atoms with Crippen LogP contribution in [0.15, 0.2) is 12.4 Å². The van der Waals surface area contributed by atoms with Crippen LogP contribution in [0.3, 0.4) is 0 Å². The predicted octanol–water partition coefficient (Wildman–Crippen LogP) is 1.61. The summed E-state index contributed by atoms with van der Waals surface area (Å²) in [4.78, 5) is 16.7. The van der Waals surface area contributed by atoms with Gasteiger partial charge in [0.1, 0.15) is 11.6 Å². The number of imidazole rings is 1. The Balaban J connectivity index is 1.78. The van der Waals surface area contributed by atoms with Gasteiger partial charge in [-0.3, -0.25) is 9.48 Å². The van der Waals surface area contributed by atoms with E-state index in [2.05, 4.69) is 20.0 Å². The Labute approximate surface area is 134 Å². The van der Waals surface area contributed by atoms with Crippen LogP contribution >= 0.6 is 0 Å². The molecule has 1 atom stereocenters. The predicted molar refractivity (Wildman–Crippen MR) is 84.4 cm³/mol. The molecule has 7 heteroatoms. The number of anilines is 1. The average Bonchev–Trinajstić information content (AvgIpc) is 3.19. The van der Waals surface area contributed by atoms with Gasteiger partial charge < -0.3 is 14.6 Å². The first-order valence-electron chi connectivity index (χ1n) is 8.05. The monoisotopic (exact) mass is 315 g/mol. The maximum Gasteiger partial charge on any atom is 0.226 e. The molecule has 1 fully saturated rings. The summed E-state index contributed by atoms with van der Waals surface area (Å²) in [5.74, 6) is 2.27. The molecule has 0 spiro atoms. The summed E-state index contributed by atoms with van der Waals surface area (Å²) >= 11 is 0. The lowest BCUT2D eigenvalue weighted by atomic mass is 9.89. The van der Waals surface area contributed by atoms with Gasteiger partial charge in [0.05, 0.1) is 18.2 Å². The molecule has 0 aromatic carbocycles. The van der Waals surface area contributed by atoms with E-state index in [1.807, 2.05) is 13.2 Å². The Kier molecular flexibility index (Phi) is 3.45. The molecule has 0 unspecified atom stereocenters. The molecule has 23 heavy (non-hydrogen) atoms. The van der Waals surface area contributed by atoms with Crippen LogP contribution in [0, 0.1) is 0 Å². The van der Waals surface area contributed by atoms with Crippen molar-refractivity contribution in [2.75, 3.05) is 19.0 Å². The molecule has 0 radical (unpaired) electrons. The number of hydrogen-bond donors (Lipinski definition) is 1. The van der Waals surface area contributed by atoms with E-state index in [-0.39, 0.29) is 11.8 Å². The molecule has 2 aliphatic rings. The number of carbonyl (C=O) groups excluding carboxylic acids is 1. The van der Waals surface area contributed by atoms with Gasteiger partial charge in [-0.05, 0) is 12.8 Å². The number of carbonyl (C=O) groups is 1. The van der Waals surface area contributed by atoms with Gasteiger partial charge in [0.15, 0.2) is 0 Å². The first-order chi connectivity index (χ1) is 11.2. The number of nitrogens with zero attached hydrogens (tertiary/aromatic N) is 4. The second-order valence-corrected chi connectivity index (χ2v) is 6.32. The number of hydrogen-bond acceptors (Lipinski definition) is 4. The lowest BCUT2D eigenvalue weighted by molar-refractivity contribution is -0.116. The van der Waals surface area contributed by atoms with Crippen molar-refractivity contribution in [1.29, 1.82) is 0 Å². The van der Waals surface area contributed by atoms with Gasteiger partial charge in [-0.2, -0.15) is 5.10 Å². The van der Waals surface area contributed by atoms with Crippen molar-refractivity contribution in [3.05, 3.63) is 29.5 Å². The molecule has 2 aromatic rings. The fraction of sp³-hybridized carbons (Fsp3) is 0.562. The van der Waals surface area contributed by atoms with Gasteiger partial charge in [-0.15, -0.1) is 0 Å². The van der Waals surface area contributed by atoms with Crippen LogP contribution in [-0.4, -0.2) is 39.0 Å².